The van der Waals surface area contributed by atoms with Gasteiger partial charge in [-0.15, -0.1) is 11.3 Å². The lowest BCUT2D eigenvalue weighted by atomic mass is 9.86. The number of thiophene rings is 1. The van der Waals surface area contributed by atoms with Gasteiger partial charge in [-0.3, -0.25) is 4.90 Å². The summed E-state index contributed by atoms with van der Waals surface area (Å²) < 4.78 is 1.17. The smallest absolute Gasteiger partial charge is 0.0591 e. The lowest BCUT2D eigenvalue weighted by molar-refractivity contribution is 0.113. The van der Waals surface area contributed by atoms with Crippen LogP contribution in [0.15, 0.2) is 15.9 Å². The van der Waals surface area contributed by atoms with Gasteiger partial charge in [0, 0.05) is 26.8 Å². The molecule has 2 unspecified atom stereocenters. The molecule has 2 rings (SSSR count). The molecular formula is C15H25BrN2S. The maximum atomic E-state index is 6.26. The van der Waals surface area contributed by atoms with Crippen LogP contribution < -0.4 is 5.73 Å². The molecule has 108 valence electrons. The van der Waals surface area contributed by atoms with Gasteiger partial charge < -0.3 is 5.73 Å². The van der Waals surface area contributed by atoms with Crippen LogP contribution in [-0.2, 0) is 0 Å². The third kappa shape index (κ3) is 3.81. The second-order valence-corrected chi connectivity index (χ2v) is 7.91. The first-order valence-corrected chi connectivity index (χ1v) is 8.87. The van der Waals surface area contributed by atoms with E-state index < -0.39 is 0 Å². The van der Waals surface area contributed by atoms with E-state index in [1.807, 2.05) is 11.3 Å². The molecule has 1 saturated carbocycles. The van der Waals surface area contributed by atoms with Crippen molar-refractivity contribution in [3.63, 3.8) is 0 Å². The van der Waals surface area contributed by atoms with Crippen LogP contribution in [0.25, 0.3) is 0 Å². The van der Waals surface area contributed by atoms with Crippen molar-refractivity contribution in [2.45, 2.75) is 57.7 Å². The lowest BCUT2D eigenvalue weighted by Gasteiger charge is -2.39. The van der Waals surface area contributed by atoms with Gasteiger partial charge in [-0.1, -0.05) is 6.92 Å². The Balaban J connectivity index is 2.10. The normalized spacial score (nSPS) is 27.5. The van der Waals surface area contributed by atoms with E-state index in [0.717, 1.165) is 5.92 Å². The highest BCUT2D eigenvalue weighted by Crippen LogP contribution is 2.35. The Morgan fingerprint density at radius 3 is 2.47 bits per heavy atom. The standard InChI is InChI=1S/C15H25BrN2S/c1-10-4-6-13(7-5-10)18(3)15(11(2)17)14-8-12(16)9-19-14/h8-11,13,15H,4-7,17H2,1-3H3. The first kappa shape index (κ1) is 15.5. The first-order valence-electron chi connectivity index (χ1n) is 7.20. The van der Waals surface area contributed by atoms with Crippen molar-refractivity contribution in [1.82, 2.24) is 4.90 Å². The molecular weight excluding hydrogens is 320 g/mol. The molecule has 0 aliphatic heterocycles. The maximum absolute atomic E-state index is 6.26. The fourth-order valence-electron chi connectivity index (χ4n) is 3.19. The van der Waals surface area contributed by atoms with Crippen molar-refractivity contribution < 1.29 is 0 Å². The van der Waals surface area contributed by atoms with Gasteiger partial charge >= 0.3 is 0 Å². The molecule has 0 bridgehead atoms. The average molecular weight is 345 g/mol. The van der Waals surface area contributed by atoms with E-state index in [9.17, 15) is 0 Å². The summed E-state index contributed by atoms with van der Waals surface area (Å²) in [7, 11) is 2.25. The number of halogens is 1. The highest BCUT2D eigenvalue weighted by molar-refractivity contribution is 9.10. The minimum atomic E-state index is 0.162. The topological polar surface area (TPSA) is 29.3 Å². The Morgan fingerprint density at radius 1 is 1.37 bits per heavy atom. The van der Waals surface area contributed by atoms with E-state index in [4.69, 9.17) is 5.73 Å². The van der Waals surface area contributed by atoms with E-state index in [0.29, 0.717) is 12.1 Å². The number of rotatable bonds is 4. The summed E-state index contributed by atoms with van der Waals surface area (Å²) in [6, 6.07) is 3.42. The quantitative estimate of drug-likeness (QED) is 0.876. The maximum Gasteiger partial charge on any atom is 0.0591 e. The lowest BCUT2D eigenvalue weighted by Crippen LogP contribution is -2.43. The Bertz CT molecular complexity index is 397. The molecule has 0 amide bonds. The average Bonchev–Trinajstić information content (AvgIpc) is 2.76. The summed E-state index contributed by atoms with van der Waals surface area (Å²) in [5, 5.41) is 2.15. The van der Waals surface area contributed by atoms with Crippen molar-refractivity contribution in [2.75, 3.05) is 7.05 Å². The van der Waals surface area contributed by atoms with E-state index in [-0.39, 0.29) is 6.04 Å². The zero-order valence-corrected chi connectivity index (χ0v) is 14.5. The SMILES string of the molecule is CC1CCC(N(C)C(c2cc(Br)cs2)C(C)N)CC1. The first-order chi connectivity index (χ1) is 8.99. The highest BCUT2D eigenvalue weighted by Gasteiger charge is 2.30. The molecule has 0 radical (unpaired) electrons. The number of nitrogens with two attached hydrogens (primary N) is 1. The molecule has 2 nitrogen and oxygen atoms in total. The fraction of sp³-hybridized carbons (Fsp3) is 0.733. The van der Waals surface area contributed by atoms with Crippen LogP contribution >= 0.6 is 27.3 Å². The monoisotopic (exact) mass is 344 g/mol. The third-order valence-electron chi connectivity index (χ3n) is 4.38. The molecule has 1 aliphatic carbocycles. The molecule has 1 fully saturated rings. The summed E-state index contributed by atoms with van der Waals surface area (Å²) in [6.07, 6.45) is 5.34. The van der Waals surface area contributed by atoms with Gasteiger partial charge in [0.15, 0.2) is 0 Å². The number of nitrogens with zero attached hydrogens (tertiary/aromatic N) is 1. The van der Waals surface area contributed by atoms with E-state index in [2.05, 4.69) is 53.2 Å². The molecule has 1 aromatic heterocycles. The number of hydrogen-bond donors (Lipinski definition) is 1. The van der Waals surface area contributed by atoms with Crippen molar-refractivity contribution in [3.8, 4) is 0 Å². The summed E-state index contributed by atoms with van der Waals surface area (Å²) >= 11 is 5.36. The van der Waals surface area contributed by atoms with Gasteiger partial charge in [-0.2, -0.15) is 0 Å². The second-order valence-electron chi connectivity index (χ2n) is 6.05. The molecule has 2 N–H and O–H groups in total. The van der Waals surface area contributed by atoms with Crippen LogP contribution in [0.4, 0.5) is 0 Å². The molecule has 1 aromatic rings. The zero-order valence-electron chi connectivity index (χ0n) is 12.1. The van der Waals surface area contributed by atoms with E-state index in [1.165, 1.54) is 35.0 Å². The minimum absolute atomic E-state index is 0.162. The number of likely N-dealkylation sites (N-methyl/N-ethyl adjacent to an activating group) is 1. The van der Waals surface area contributed by atoms with Crippen LogP contribution in [0.5, 0.6) is 0 Å². The summed E-state index contributed by atoms with van der Waals surface area (Å²) in [5.41, 5.74) is 6.26. The molecule has 4 heteroatoms. The van der Waals surface area contributed by atoms with Crippen LogP contribution in [0.1, 0.15) is 50.4 Å². The van der Waals surface area contributed by atoms with Crippen molar-refractivity contribution in [1.29, 1.82) is 0 Å². The second kappa shape index (κ2) is 6.70. The van der Waals surface area contributed by atoms with Crippen LogP contribution in [0, 0.1) is 5.92 Å². The van der Waals surface area contributed by atoms with Crippen LogP contribution in [0.3, 0.4) is 0 Å². The third-order valence-corrected chi connectivity index (χ3v) is 6.14. The summed E-state index contributed by atoms with van der Waals surface area (Å²) in [6.45, 7) is 4.50. The Hall–Kier alpha value is 0.1000. The largest absolute Gasteiger partial charge is 0.326 e. The van der Waals surface area contributed by atoms with Gasteiger partial charge in [0.1, 0.15) is 0 Å². The Morgan fingerprint density at radius 2 is 2.00 bits per heavy atom. The fourth-order valence-corrected chi connectivity index (χ4v) is 4.90. The zero-order chi connectivity index (χ0) is 14.0. The highest BCUT2D eigenvalue weighted by atomic mass is 79.9. The van der Waals surface area contributed by atoms with Gasteiger partial charge in [-0.25, -0.2) is 0 Å². The van der Waals surface area contributed by atoms with Gasteiger partial charge in [-0.05, 0) is 67.6 Å². The molecule has 1 heterocycles. The minimum Gasteiger partial charge on any atom is -0.326 e. The summed E-state index contributed by atoms with van der Waals surface area (Å²) in [5.74, 6) is 0.897. The number of hydrogen-bond acceptors (Lipinski definition) is 3. The van der Waals surface area contributed by atoms with Gasteiger partial charge in [0.25, 0.3) is 0 Å². The Labute approximate surface area is 129 Å². The van der Waals surface area contributed by atoms with Crippen molar-refractivity contribution in [2.24, 2.45) is 11.7 Å². The predicted molar refractivity (Wildman–Crippen MR) is 87.6 cm³/mol. The van der Waals surface area contributed by atoms with E-state index in [1.54, 1.807) is 0 Å². The van der Waals surface area contributed by atoms with Crippen LogP contribution in [0.2, 0.25) is 0 Å². The molecule has 19 heavy (non-hydrogen) atoms. The van der Waals surface area contributed by atoms with E-state index >= 15 is 0 Å². The molecule has 0 saturated heterocycles. The Kier molecular flexibility index (Phi) is 5.46. The molecule has 1 aliphatic rings. The van der Waals surface area contributed by atoms with Gasteiger partial charge in [0.05, 0.1) is 6.04 Å². The molecule has 2 atom stereocenters. The molecule has 0 aromatic carbocycles. The van der Waals surface area contributed by atoms with Crippen LogP contribution in [-0.4, -0.2) is 24.0 Å². The molecule has 0 spiro atoms. The van der Waals surface area contributed by atoms with Gasteiger partial charge in [0.2, 0.25) is 0 Å². The predicted octanol–water partition coefficient (Wildman–Crippen LogP) is 4.41. The summed E-state index contributed by atoms with van der Waals surface area (Å²) in [4.78, 5) is 3.90. The van der Waals surface area contributed by atoms with Crippen molar-refractivity contribution in [3.05, 3.63) is 20.8 Å². The van der Waals surface area contributed by atoms with Crippen molar-refractivity contribution >= 4 is 27.3 Å².